The highest BCUT2D eigenvalue weighted by Crippen LogP contribution is 2.36. The third kappa shape index (κ3) is 3.07. The molecule has 7 heteroatoms. The van der Waals surface area contributed by atoms with Gasteiger partial charge in [-0.05, 0) is 24.5 Å². The number of carbonyl (C=O) groups excluding carboxylic acids is 1. The van der Waals surface area contributed by atoms with Crippen LogP contribution in [0.4, 0.5) is 0 Å². The number of para-hydroxylation sites is 1. The molecule has 0 fully saturated rings. The van der Waals surface area contributed by atoms with E-state index in [1.54, 1.807) is 29.6 Å². The van der Waals surface area contributed by atoms with Gasteiger partial charge < -0.3 is 4.74 Å². The van der Waals surface area contributed by atoms with Gasteiger partial charge in [-0.3, -0.25) is 4.79 Å². The van der Waals surface area contributed by atoms with Crippen molar-refractivity contribution in [2.45, 2.75) is 37.3 Å². The van der Waals surface area contributed by atoms with Crippen LogP contribution < -0.4 is 4.74 Å². The summed E-state index contributed by atoms with van der Waals surface area (Å²) in [7, 11) is 1.66. The van der Waals surface area contributed by atoms with Crippen molar-refractivity contribution >= 4 is 23.3 Å². The lowest BCUT2D eigenvalue weighted by Crippen LogP contribution is -2.21. The summed E-state index contributed by atoms with van der Waals surface area (Å²) in [6.07, 6.45) is 3.99. The van der Waals surface area contributed by atoms with E-state index in [1.165, 1.54) is 0 Å². The van der Waals surface area contributed by atoms with E-state index in [0.717, 1.165) is 29.2 Å². The Morgan fingerprint density at radius 2 is 2.12 bits per heavy atom. The zero-order valence-corrected chi connectivity index (χ0v) is 15.6. The second-order valence-corrected chi connectivity index (χ2v) is 7.42. The summed E-state index contributed by atoms with van der Waals surface area (Å²) in [6, 6.07) is 7.87. The molecule has 0 bridgehead atoms. The standard InChI is InChI=1S/C19H20N4O2S/c1-3-8-26-19-21-18-20-15-9-12(13-6-4-5-7-17(13)25-2)10-16(24)14(15)11-23(18)22-19/h4-7,11-12H,3,8-10H2,1-2H3. The fraction of sp³-hybridized carbons (Fsp3) is 0.368. The molecule has 3 aromatic rings. The van der Waals surface area contributed by atoms with E-state index in [2.05, 4.69) is 22.0 Å². The number of nitrogens with zero attached hydrogens (tertiary/aromatic N) is 4. The highest BCUT2D eigenvalue weighted by molar-refractivity contribution is 7.99. The molecule has 134 valence electrons. The quantitative estimate of drug-likeness (QED) is 0.642. The number of carbonyl (C=O) groups is 1. The van der Waals surface area contributed by atoms with Crippen molar-refractivity contribution in [3.8, 4) is 5.75 Å². The zero-order valence-electron chi connectivity index (χ0n) is 14.8. The Balaban J connectivity index is 1.70. The van der Waals surface area contributed by atoms with Crippen molar-refractivity contribution in [1.29, 1.82) is 0 Å². The minimum Gasteiger partial charge on any atom is -0.496 e. The van der Waals surface area contributed by atoms with E-state index in [1.807, 2.05) is 24.3 Å². The normalized spacial score (nSPS) is 16.7. The SMILES string of the molecule is CCCSc1nc2nc3c(cn2n1)C(=O)CC(c1ccccc1OC)C3. The van der Waals surface area contributed by atoms with Gasteiger partial charge >= 0.3 is 0 Å². The molecule has 1 aliphatic rings. The minimum atomic E-state index is 0.0676. The van der Waals surface area contributed by atoms with Crippen LogP contribution in [0.1, 0.15) is 47.3 Å². The topological polar surface area (TPSA) is 69.4 Å². The maximum Gasteiger partial charge on any atom is 0.253 e. The second kappa shape index (κ2) is 7.07. The molecule has 26 heavy (non-hydrogen) atoms. The molecule has 0 radical (unpaired) electrons. The third-order valence-electron chi connectivity index (χ3n) is 4.58. The van der Waals surface area contributed by atoms with Crippen LogP contribution >= 0.6 is 11.8 Å². The molecule has 0 saturated heterocycles. The average Bonchev–Trinajstić information content (AvgIpc) is 3.06. The fourth-order valence-electron chi connectivity index (χ4n) is 3.34. The summed E-state index contributed by atoms with van der Waals surface area (Å²) in [5.74, 6) is 2.49. The number of methoxy groups -OCH3 is 1. The van der Waals surface area contributed by atoms with Crippen LogP contribution in [-0.2, 0) is 6.42 Å². The lowest BCUT2D eigenvalue weighted by Gasteiger charge is -2.24. The van der Waals surface area contributed by atoms with Crippen molar-refractivity contribution in [2.75, 3.05) is 12.9 Å². The zero-order chi connectivity index (χ0) is 18.1. The summed E-state index contributed by atoms with van der Waals surface area (Å²) < 4.78 is 7.10. The number of ether oxygens (including phenoxy) is 1. The first kappa shape index (κ1) is 17.0. The molecule has 1 atom stereocenters. The number of hydrogen-bond acceptors (Lipinski definition) is 6. The van der Waals surface area contributed by atoms with Crippen LogP contribution in [0.15, 0.2) is 35.6 Å². The molecule has 0 aliphatic heterocycles. The maximum absolute atomic E-state index is 12.7. The molecular weight excluding hydrogens is 348 g/mol. The van der Waals surface area contributed by atoms with Crippen molar-refractivity contribution in [3.63, 3.8) is 0 Å². The van der Waals surface area contributed by atoms with Gasteiger partial charge in [-0.15, -0.1) is 5.10 Å². The van der Waals surface area contributed by atoms with Gasteiger partial charge in [0, 0.05) is 24.3 Å². The van der Waals surface area contributed by atoms with Crippen molar-refractivity contribution in [2.24, 2.45) is 0 Å². The molecule has 0 spiro atoms. The van der Waals surface area contributed by atoms with Gasteiger partial charge in [0.25, 0.3) is 5.78 Å². The third-order valence-corrected chi connectivity index (χ3v) is 5.62. The highest BCUT2D eigenvalue weighted by atomic mass is 32.2. The summed E-state index contributed by atoms with van der Waals surface area (Å²) in [4.78, 5) is 21.9. The molecule has 0 saturated carbocycles. The van der Waals surface area contributed by atoms with E-state index in [4.69, 9.17) is 4.74 Å². The summed E-state index contributed by atoms with van der Waals surface area (Å²) in [5.41, 5.74) is 2.50. The lowest BCUT2D eigenvalue weighted by atomic mass is 9.82. The van der Waals surface area contributed by atoms with E-state index >= 15 is 0 Å². The average molecular weight is 368 g/mol. The molecule has 1 aliphatic carbocycles. The number of benzene rings is 1. The molecule has 6 nitrogen and oxygen atoms in total. The highest BCUT2D eigenvalue weighted by Gasteiger charge is 2.30. The summed E-state index contributed by atoms with van der Waals surface area (Å²) in [5, 5.41) is 5.14. The number of Topliss-reactive ketones (excluding diaryl/α,β-unsaturated/α-hetero) is 1. The van der Waals surface area contributed by atoms with E-state index in [-0.39, 0.29) is 11.7 Å². The fourth-order valence-corrected chi connectivity index (χ4v) is 4.02. The Hall–Kier alpha value is -2.41. The summed E-state index contributed by atoms with van der Waals surface area (Å²) in [6.45, 7) is 2.12. The van der Waals surface area contributed by atoms with Crippen LogP contribution in [0.2, 0.25) is 0 Å². The monoisotopic (exact) mass is 368 g/mol. The molecule has 2 heterocycles. The molecule has 0 amide bonds. The Kier molecular flexibility index (Phi) is 4.63. The van der Waals surface area contributed by atoms with Crippen molar-refractivity contribution in [3.05, 3.63) is 47.3 Å². The number of hydrogen-bond donors (Lipinski definition) is 0. The summed E-state index contributed by atoms with van der Waals surface area (Å²) >= 11 is 1.61. The number of aromatic nitrogens is 4. The molecule has 0 N–H and O–H groups in total. The predicted molar refractivity (Wildman–Crippen MR) is 100 cm³/mol. The lowest BCUT2D eigenvalue weighted by molar-refractivity contribution is 0.0962. The second-order valence-electron chi connectivity index (χ2n) is 6.36. The molecule has 2 aromatic heterocycles. The first-order valence-electron chi connectivity index (χ1n) is 8.74. The Labute approximate surface area is 156 Å². The van der Waals surface area contributed by atoms with Crippen LogP contribution in [-0.4, -0.2) is 38.2 Å². The van der Waals surface area contributed by atoms with Gasteiger partial charge in [0.05, 0.1) is 18.4 Å². The van der Waals surface area contributed by atoms with Gasteiger partial charge in [-0.1, -0.05) is 36.9 Å². The van der Waals surface area contributed by atoms with Crippen LogP contribution in [0, 0.1) is 0 Å². The Morgan fingerprint density at radius 3 is 2.92 bits per heavy atom. The molecule has 1 unspecified atom stereocenters. The van der Waals surface area contributed by atoms with Gasteiger partial charge in [0.1, 0.15) is 5.75 Å². The first-order valence-corrected chi connectivity index (χ1v) is 9.73. The number of ketones is 1. The maximum atomic E-state index is 12.7. The smallest absolute Gasteiger partial charge is 0.253 e. The van der Waals surface area contributed by atoms with Gasteiger partial charge in [0.2, 0.25) is 5.16 Å². The first-order chi connectivity index (χ1) is 12.7. The van der Waals surface area contributed by atoms with Crippen LogP contribution in [0.3, 0.4) is 0 Å². The van der Waals surface area contributed by atoms with E-state index < -0.39 is 0 Å². The largest absolute Gasteiger partial charge is 0.496 e. The number of fused-ring (bicyclic) bond motifs is 2. The molecular formula is C19H20N4O2S. The van der Waals surface area contributed by atoms with E-state index in [0.29, 0.717) is 29.3 Å². The van der Waals surface area contributed by atoms with Crippen molar-refractivity contribution < 1.29 is 9.53 Å². The van der Waals surface area contributed by atoms with Crippen LogP contribution in [0.25, 0.3) is 5.78 Å². The van der Waals surface area contributed by atoms with Gasteiger partial charge in [-0.25, -0.2) is 9.50 Å². The van der Waals surface area contributed by atoms with Gasteiger partial charge in [-0.2, -0.15) is 4.98 Å². The molecule has 1 aromatic carbocycles. The van der Waals surface area contributed by atoms with Crippen LogP contribution in [0.5, 0.6) is 5.75 Å². The minimum absolute atomic E-state index is 0.0676. The number of rotatable bonds is 5. The van der Waals surface area contributed by atoms with Gasteiger partial charge in [0.15, 0.2) is 5.78 Å². The van der Waals surface area contributed by atoms with Crippen molar-refractivity contribution in [1.82, 2.24) is 19.6 Å². The Bertz CT molecular complexity index is 969. The van der Waals surface area contributed by atoms with E-state index in [9.17, 15) is 4.79 Å². The predicted octanol–water partition coefficient (Wildman–Crippen LogP) is 3.55. The molecule has 4 rings (SSSR count). The Morgan fingerprint density at radius 1 is 1.27 bits per heavy atom. The number of thioether (sulfide) groups is 1.